The number of aliphatic hydroxyl groups excluding tert-OH is 1. The van der Waals surface area contributed by atoms with Crippen LogP contribution in [0.1, 0.15) is 24.8 Å². The molecule has 1 aliphatic rings. The molecule has 2 aromatic carbocycles. The first-order chi connectivity index (χ1) is 8.23. The van der Waals surface area contributed by atoms with Crippen molar-refractivity contribution in [2.75, 3.05) is 6.61 Å². The van der Waals surface area contributed by atoms with E-state index in [2.05, 4.69) is 52.3 Å². The van der Waals surface area contributed by atoms with Crippen LogP contribution in [0.4, 0.5) is 0 Å². The Labute approximate surface area is 110 Å². The maximum absolute atomic E-state index is 9.61. The Balaban J connectivity index is 2.12. The van der Waals surface area contributed by atoms with Crippen LogP contribution in [0.3, 0.4) is 0 Å². The van der Waals surface area contributed by atoms with Gasteiger partial charge in [-0.25, -0.2) is 0 Å². The molecule has 1 fully saturated rings. The van der Waals surface area contributed by atoms with Gasteiger partial charge in [-0.3, -0.25) is 0 Å². The zero-order valence-corrected chi connectivity index (χ0v) is 11.2. The summed E-state index contributed by atoms with van der Waals surface area (Å²) < 4.78 is 1.11. The Hall–Kier alpha value is -0.860. The highest BCUT2D eigenvalue weighted by atomic mass is 79.9. The average molecular weight is 291 g/mol. The molecule has 3 rings (SSSR count). The molecule has 0 atom stereocenters. The van der Waals surface area contributed by atoms with Crippen molar-refractivity contribution in [3.8, 4) is 0 Å². The lowest BCUT2D eigenvalue weighted by Crippen LogP contribution is -2.37. The van der Waals surface area contributed by atoms with Crippen LogP contribution in [0.2, 0.25) is 0 Å². The van der Waals surface area contributed by atoms with Gasteiger partial charge in [0.1, 0.15) is 0 Å². The van der Waals surface area contributed by atoms with Gasteiger partial charge in [0.2, 0.25) is 0 Å². The topological polar surface area (TPSA) is 20.2 Å². The first-order valence-corrected chi connectivity index (χ1v) is 6.83. The van der Waals surface area contributed by atoms with Crippen LogP contribution >= 0.6 is 15.9 Å². The van der Waals surface area contributed by atoms with Crippen molar-refractivity contribution in [2.45, 2.75) is 24.7 Å². The van der Waals surface area contributed by atoms with Crippen LogP contribution in [0.5, 0.6) is 0 Å². The summed E-state index contributed by atoms with van der Waals surface area (Å²) in [5.74, 6) is 0. The number of rotatable bonds is 2. The molecule has 1 nitrogen and oxygen atoms in total. The quantitative estimate of drug-likeness (QED) is 0.886. The molecule has 1 saturated carbocycles. The number of aliphatic hydroxyl groups is 1. The second-order valence-electron chi connectivity index (χ2n) is 5.00. The highest BCUT2D eigenvalue weighted by Gasteiger charge is 2.37. The minimum atomic E-state index is 0.0382. The molecule has 0 heterocycles. The molecule has 0 saturated heterocycles. The molecule has 0 amide bonds. The predicted octanol–water partition coefficient (Wildman–Crippen LogP) is 4.02. The summed E-state index contributed by atoms with van der Waals surface area (Å²) in [7, 11) is 0. The third-order valence-electron chi connectivity index (χ3n) is 4.03. The molecule has 0 aliphatic heterocycles. The number of benzene rings is 2. The van der Waals surface area contributed by atoms with Gasteiger partial charge in [0.15, 0.2) is 0 Å². The summed E-state index contributed by atoms with van der Waals surface area (Å²) in [6.45, 7) is 0.270. The van der Waals surface area contributed by atoms with Crippen molar-refractivity contribution in [3.63, 3.8) is 0 Å². The van der Waals surface area contributed by atoms with Gasteiger partial charge < -0.3 is 5.11 Å². The Morgan fingerprint density at radius 2 is 1.82 bits per heavy atom. The van der Waals surface area contributed by atoms with Crippen LogP contribution < -0.4 is 0 Å². The monoisotopic (exact) mass is 290 g/mol. The van der Waals surface area contributed by atoms with Crippen molar-refractivity contribution >= 4 is 26.7 Å². The van der Waals surface area contributed by atoms with E-state index in [1.165, 1.54) is 22.8 Å². The zero-order chi connectivity index (χ0) is 11.9. The fourth-order valence-electron chi connectivity index (χ4n) is 2.69. The first-order valence-electron chi connectivity index (χ1n) is 6.04. The third kappa shape index (κ3) is 1.80. The van der Waals surface area contributed by atoms with E-state index in [9.17, 15) is 5.11 Å². The molecule has 2 heteroatoms. The van der Waals surface area contributed by atoms with E-state index in [4.69, 9.17) is 0 Å². The standard InChI is InChI=1S/C15H15BrO/c16-14-5-3-11-2-4-13(8-12(11)9-14)15(10-17)6-1-7-15/h2-5,8-9,17H,1,6-7,10H2. The maximum atomic E-state index is 9.61. The molecule has 0 bridgehead atoms. The Kier molecular flexibility index (Phi) is 2.72. The van der Waals surface area contributed by atoms with Gasteiger partial charge in [-0.15, -0.1) is 0 Å². The summed E-state index contributed by atoms with van der Waals surface area (Å²) in [4.78, 5) is 0. The highest BCUT2D eigenvalue weighted by molar-refractivity contribution is 9.10. The van der Waals surface area contributed by atoms with Gasteiger partial charge in [0, 0.05) is 9.89 Å². The fraction of sp³-hybridized carbons (Fsp3) is 0.333. The summed E-state index contributed by atoms with van der Waals surface area (Å²) >= 11 is 3.51. The van der Waals surface area contributed by atoms with Gasteiger partial charge in [-0.2, -0.15) is 0 Å². The number of fused-ring (bicyclic) bond motifs is 1. The van der Waals surface area contributed by atoms with Crippen LogP contribution in [0.25, 0.3) is 10.8 Å². The Morgan fingerprint density at radius 3 is 2.47 bits per heavy atom. The molecule has 0 spiro atoms. The van der Waals surface area contributed by atoms with Crippen LogP contribution in [0, 0.1) is 0 Å². The van der Waals surface area contributed by atoms with Gasteiger partial charge in [-0.05, 0) is 41.3 Å². The van der Waals surface area contributed by atoms with Crippen molar-refractivity contribution in [3.05, 3.63) is 46.4 Å². The number of hydrogen-bond acceptors (Lipinski definition) is 1. The minimum absolute atomic E-state index is 0.0382. The largest absolute Gasteiger partial charge is 0.395 e. The SMILES string of the molecule is OCC1(c2ccc3ccc(Br)cc3c2)CCC1. The first kappa shape index (κ1) is 11.2. The summed E-state index contributed by atoms with van der Waals surface area (Å²) in [6, 6.07) is 12.9. The second-order valence-corrected chi connectivity index (χ2v) is 5.91. The van der Waals surface area contributed by atoms with Gasteiger partial charge >= 0.3 is 0 Å². The Bertz CT molecular complexity index is 552. The van der Waals surface area contributed by atoms with Gasteiger partial charge in [-0.1, -0.05) is 46.6 Å². The van der Waals surface area contributed by atoms with E-state index in [1.807, 2.05) is 0 Å². The average Bonchev–Trinajstić information content (AvgIpc) is 2.28. The second kappa shape index (κ2) is 4.11. The molecular weight excluding hydrogens is 276 g/mol. The van der Waals surface area contributed by atoms with Crippen molar-refractivity contribution < 1.29 is 5.11 Å². The summed E-state index contributed by atoms with van der Waals surface area (Å²) in [5.41, 5.74) is 1.33. The van der Waals surface area contributed by atoms with Gasteiger partial charge in [0.05, 0.1) is 6.61 Å². The lowest BCUT2D eigenvalue weighted by molar-refractivity contribution is 0.120. The van der Waals surface area contributed by atoms with E-state index in [1.54, 1.807) is 0 Å². The van der Waals surface area contributed by atoms with Crippen LogP contribution in [0.15, 0.2) is 40.9 Å². The highest BCUT2D eigenvalue weighted by Crippen LogP contribution is 2.44. The van der Waals surface area contributed by atoms with E-state index in [0.717, 1.165) is 17.3 Å². The molecule has 1 N–H and O–H groups in total. The molecule has 0 radical (unpaired) electrons. The maximum Gasteiger partial charge on any atom is 0.0527 e. The minimum Gasteiger partial charge on any atom is -0.395 e. The Morgan fingerprint density at radius 1 is 1.06 bits per heavy atom. The van der Waals surface area contributed by atoms with E-state index < -0.39 is 0 Å². The van der Waals surface area contributed by atoms with Crippen LogP contribution in [-0.2, 0) is 5.41 Å². The fourth-order valence-corrected chi connectivity index (χ4v) is 3.07. The smallest absolute Gasteiger partial charge is 0.0527 e. The molecule has 17 heavy (non-hydrogen) atoms. The van der Waals surface area contributed by atoms with Crippen molar-refractivity contribution in [2.24, 2.45) is 0 Å². The molecule has 0 unspecified atom stereocenters. The molecule has 0 aromatic heterocycles. The molecule has 1 aliphatic carbocycles. The third-order valence-corrected chi connectivity index (χ3v) is 4.52. The lowest BCUT2D eigenvalue weighted by Gasteiger charge is -2.41. The zero-order valence-electron chi connectivity index (χ0n) is 9.62. The molecule has 2 aromatic rings. The number of halogens is 1. The number of hydrogen-bond donors (Lipinski definition) is 1. The van der Waals surface area contributed by atoms with Crippen molar-refractivity contribution in [1.82, 2.24) is 0 Å². The van der Waals surface area contributed by atoms with E-state index >= 15 is 0 Å². The van der Waals surface area contributed by atoms with Crippen molar-refractivity contribution in [1.29, 1.82) is 0 Å². The van der Waals surface area contributed by atoms with E-state index in [-0.39, 0.29) is 12.0 Å². The summed E-state index contributed by atoms with van der Waals surface area (Å²) in [5, 5.41) is 12.1. The van der Waals surface area contributed by atoms with E-state index in [0.29, 0.717) is 0 Å². The summed E-state index contributed by atoms with van der Waals surface area (Å²) in [6.07, 6.45) is 3.46. The normalized spacial score (nSPS) is 18.0. The van der Waals surface area contributed by atoms with Gasteiger partial charge in [0.25, 0.3) is 0 Å². The van der Waals surface area contributed by atoms with Crippen LogP contribution in [-0.4, -0.2) is 11.7 Å². The lowest BCUT2D eigenvalue weighted by atomic mass is 9.65. The molecule has 88 valence electrons. The molecular formula is C15H15BrO. The predicted molar refractivity (Wildman–Crippen MR) is 74.3 cm³/mol.